The van der Waals surface area contributed by atoms with Crippen molar-refractivity contribution in [1.82, 2.24) is 0 Å². The van der Waals surface area contributed by atoms with Crippen molar-refractivity contribution in [2.45, 2.75) is 129 Å². The van der Waals surface area contributed by atoms with Gasteiger partial charge in [-0.2, -0.15) is 5.26 Å². The van der Waals surface area contributed by atoms with Crippen LogP contribution in [-0.4, -0.2) is 6.61 Å². The quantitative estimate of drug-likeness (QED) is 0.125. The van der Waals surface area contributed by atoms with Crippen LogP contribution in [0.1, 0.15) is 139 Å². The molecule has 0 heterocycles. The summed E-state index contributed by atoms with van der Waals surface area (Å²) >= 11 is 0. The first-order valence-corrected chi connectivity index (χ1v) is 15.7. The molecule has 0 N–H and O–H groups in total. The van der Waals surface area contributed by atoms with E-state index in [-0.39, 0.29) is 0 Å². The fourth-order valence-electron chi connectivity index (χ4n) is 6.15. The first-order valence-electron chi connectivity index (χ1n) is 15.7. The third-order valence-electron chi connectivity index (χ3n) is 8.48. The number of unbranched alkanes of at least 4 members (excludes halogenated alkanes) is 9. The Balaban J connectivity index is 1.69. The number of aryl methyl sites for hydroxylation is 1. The van der Waals surface area contributed by atoms with Gasteiger partial charge in [-0.15, -0.1) is 0 Å². The van der Waals surface area contributed by atoms with Crippen molar-refractivity contribution < 1.29 is 4.74 Å². The average Bonchev–Trinajstić information content (AvgIpc) is 3.64. The second-order valence-electron chi connectivity index (χ2n) is 11.6. The molecule has 2 saturated carbocycles. The van der Waals surface area contributed by atoms with Crippen LogP contribution in [0.15, 0.2) is 24.3 Å². The molecule has 0 atom stereocenters. The number of nitrogens with zero attached hydrogens (tertiary/aromatic N) is 2. The number of hydrogen-bond acceptors (Lipinski definition) is 2. The molecule has 0 radical (unpaired) electrons. The molecule has 3 heteroatoms. The van der Waals surface area contributed by atoms with Gasteiger partial charge in [-0.3, -0.25) is 0 Å². The number of allylic oxidation sites excluding steroid dienone is 3. The molecule has 38 heavy (non-hydrogen) atoms. The molecule has 3 rings (SSSR count). The van der Waals surface area contributed by atoms with Crippen LogP contribution in [0.3, 0.4) is 0 Å². The lowest BCUT2D eigenvalue weighted by molar-refractivity contribution is 0.303. The minimum atomic E-state index is 0.487. The zero-order valence-corrected chi connectivity index (χ0v) is 24.2. The fraction of sp³-hybridized carbons (Fsp3) is 0.657. The van der Waals surface area contributed by atoms with E-state index in [2.05, 4.69) is 49.0 Å². The summed E-state index contributed by atoms with van der Waals surface area (Å²) in [7, 11) is 0. The molecule has 0 amide bonds. The highest BCUT2D eigenvalue weighted by atomic mass is 16.5. The summed E-state index contributed by atoms with van der Waals surface area (Å²) in [6.07, 6.45) is 27.0. The van der Waals surface area contributed by atoms with Gasteiger partial charge in [0, 0.05) is 5.56 Å². The maximum Gasteiger partial charge on any atom is 0.191 e. The molecular formula is C35H50N2O. The van der Waals surface area contributed by atoms with Crippen molar-refractivity contribution in [2.75, 3.05) is 6.61 Å². The lowest BCUT2D eigenvalue weighted by Gasteiger charge is -2.17. The Kier molecular flexibility index (Phi) is 13.5. The second-order valence-corrected chi connectivity index (χ2v) is 11.6. The van der Waals surface area contributed by atoms with E-state index in [1.165, 1.54) is 109 Å². The highest BCUT2D eigenvalue weighted by molar-refractivity contribution is 5.84. The van der Waals surface area contributed by atoms with E-state index in [9.17, 15) is 5.26 Å². The summed E-state index contributed by atoms with van der Waals surface area (Å²) < 4.78 is 6.39. The van der Waals surface area contributed by atoms with Crippen LogP contribution in [0.4, 0.5) is 0 Å². The molecule has 3 nitrogen and oxygen atoms in total. The Labute approximate surface area is 233 Å². The summed E-state index contributed by atoms with van der Waals surface area (Å²) in [6, 6.07) is 6.64. The van der Waals surface area contributed by atoms with Crippen molar-refractivity contribution in [3.63, 3.8) is 0 Å². The maximum atomic E-state index is 10.1. The first-order chi connectivity index (χ1) is 18.7. The Bertz CT molecular complexity index is 994. The Morgan fingerprint density at radius 1 is 0.868 bits per heavy atom. The van der Waals surface area contributed by atoms with Gasteiger partial charge in [0.2, 0.25) is 0 Å². The van der Waals surface area contributed by atoms with Crippen LogP contribution in [0.2, 0.25) is 0 Å². The predicted molar refractivity (Wildman–Crippen MR) is 161 cm³/mol. The summed E-state index contributed by atoms with van der Waals surface area (Å²) in [4.78, 5) is 3.94. The average molecular weight is 515 g/mol. The van der Waals surface area contributed by atoms with Crippen molar-refractivity contribution in [3.05, 3.63) is 52.4 Å². The van der Waals surface area contributed by atoms with E-state index < -0.39 is 0 Å². The summed E-state index contributed by atoms with van der Waals surface area (Å²) in [6.45, 7) is 12.9. The Hall–Kier alpha value is -2.52. The van der Waals surface area contributed by atoms with Crippen LogP contribution in [-0.2, 0) is 0 Å². The number of rotatable bonds is 16. The molecule has 1 aromatic rings. The van der Waals surface area contributed by atoms with Crippen LogP contribution < -0.4 is 4.74 Å². The normalized spacial score (nSPS) is 17.1. The first kappa shape index (κ1) is 30.0. The van der Waals surface area contributed by atoms with Gasteiger partial charge in [0.25, 0.3) is 0 Å². The van der Waals surface area contributed by atoms with E-state index in [0.717, 1.165) is 40.1 Å². The molecule has 1 aromatic carbocycles. The van der Waals surface area contributed by atoms with Crippen molar-refractivity contribution in [2.24, 2.45) is 11.8 Å². The standard InChI is InChI=1S/C35H50N2O/c1-4-5-6-7-8-9-10-11-12-17-22-38-35-26-32(34(37-3)25-30-20-15-16-21-30)28(2)23-33(35)31(27-36)24-29-18-13-14-19-29/h23-26,29-30H,4-22H2,1-2H3/b31-24+,34-25-. The van der Waals surface area contributed by atoms with Crippen LogP contribution in [0, 0.1) is 36.7 Å². The number of benzene rings is 1. The lowest BCUT2D eigenvalue weighted by Crippen LogP contribution is -2.03. The molecule has 206 valence electrons. The van der Waals surface area contributed by atoms with Gasteiger partial charge < -0.3 is 4.74 Å². The molecule has 2 aliphatic carbocycles. The molecular weight excluding hydrogens is 464 g/mol. The smallest absolute Gasteiger partial charge is 0.191 e. The van der Waals surface area contributed by atoms with Crippen molar-refractivity contribution >= 4 is 11.3 Å². The zero-order chi connectivity index (χ0) is 27.0. The fourth-order valence-corrected chi connectivity index (χ4v) is 6.15. The second kappa shape index (κ2) is 17.1. The minimum absolute atomic E-state index is 0.487. The number of ether oxygens (including phenoxy) is 1. The number of hydrogen-bond donors (Lipinski definition) is 0. The zero-order valence-electron chi connectivity index (χ0n) is 24.2. The lowest BCUT2D eigenvalue weighted by atomic mass is 9.93. The molecule has 2 fully saturated rings. The topological polar surface area (TPSA) is 37.4 Å². The summed E-state index contributed by atoms with van der Waals surface area (Å²) in [5.41, 5.74) is 4.39. The number of nitriles is 1. The Morgan fingerprint density at radius 2 is 1.42 bits per heavy atom. The third-order valence-corrected chi connectivity index (χ3v) is 8.48. The molecule has 2 aliphatic rings. The van der Waals surface area contributed by atoms with Crippen molar-refractivity contribution in [1.29, 1.82) is 5.26 Å². The van der Waals surface area contributed by atoms with Gasteiger partial charge in [-0.1, -0.05) is 108 Å². The van der Waals surface area contributed by atoms with Gasteiger partial charge >= 0.3 is 0 Å². The monoisotopic (exact) mass is 514 g/mol. The predicted octanol–water partition coefficient (Wildman–Crippen LogP) is 10.8. The van der Waals surface area contributed by atoms with E-state index >= 15 is 0 Å². The largest absolute Gasteiger partial charge is 0.493 e. The van der Waals surface area contributed by atoms with Crippen LogP contribution >= 0.6 is 0 Å². The van der Waals surface area contributed by atoms with E-state index in [1.807, 2.05) is 0 Å². The maximum absolute atomic E-state index is 10.1. The van der Waals surface area contributed by atoms with Crippen LogP contribution in [0.5, 0.6) is 5.75 Å². The molecule has 0 spiro atoms. The van der Waals surface area contributed by atoms with Gasteiger partial charge in [0.05, 0.1) is 24.8 Å². The van der Waals surface area contributed by atoms with Gasteiger partial charge in [0.1, 0.15) is 5.75 Å². The van der Waals surface area contributed by atoms with Gasteiger partial charge in [0.15, 0.2) is 5.70 Å². The van der Waals surface area contributed by atoms with Gasteiger partial charge in [-0.05, 0) is 68.6 Å². The highest BCUT2D eigenvalue weighted by Gasteiger charge is 2.20. The SMILES string of the molecule is [C-]#[N+]/C(=C\C1CCCC1)c1cc(OCCCCCCCCCCCC)c(/C(C#N)=C/C2CCCC2)cc1C. The summed E-state index contributed by atoms with van der Waals surface area (Å²) in [5.74, 6) is 1.76. The van der Waals surface area contributed by atoms with E-state index in [0.29, 0.717) is 18.4 Å². The van der Waals surface area contributed by atoms with Crippen LogP contribution in [0.25, 0.3) is 16.1 Å². The summed E-state index contributed by atoms with van der Waals surface area (Å²) in [5, 5.41) is 10.1. The molecule has 0 aliphatic heterocycles. The van der Waals surface area contributed by atoms with E-state index in [4.69, 9.17) is 11.3 Å². The molecule has 0 unspecified atom stereocenters. The molecule has 0 aromatic heterocycles. The van der Waals surface area contributed by atoms with Crippen molar-refractivity contribution in [3.8, 4) is 11.8 Å². The molecule has 0 saturated heterocycles. The molecule has 0 bridgehead atoms. The Morgan fingerprint density at radius 3 is 1.97 bits per heavy atom. The minimum Gasteiger partial charge on any atom is -0.493 e. The highest BCUT2D eigenvalue weighted by Crippen LogP contribution is 2.37. The third kappa shape index (κ3) is 9.66. The van der Waals surface area contributed by atoms with E-state index in [1.54, 1.807) is 0 Å². The van der Waals surface area contributed by atoms with Gasteiger partial charge in [-0.25, -0.2) is 4.85 Å².